The number of hydrogen-bond acceptors (Lipinski definition) is 3. The van der Waals surface area contributed by atoms with Crippen LogP contribution >= 0.6 is 0 Å². The van der Waals surface area contributed by atoms with Gasteiger partial charge in [0.2, 0.25) is 0 Å². The van der Waals surface area contributed by atoms with Crippen LogP contribution in [0.3, 0.4) is 0 Å². The van der Waals surface area contributed by atoms with Gasteiger partial charge in [-0.15, -0.1) is 0 Å². The Labute approximate surface area is 100 Å². The van der Waals surface area contributed by atoms with Crippen LogP contribution in [0.25, 0.3) is 0 Å². The molecular formula is C12H17N3O2. The summed E-state index contributed by atoms with van der Waals surface area (Å²) in [4.78, 5) is 14.9. The Kier molecular flexibility index (Phi) is 2.77. The zero-order valence-electron chi connectivity index (χ0n) is 10.4. The Morgan fingerprint density at radius 3 is 2.82 bits per heavy atom. The zero-order chi connectivity index (χ0) is 12.6. The average Bonchev–Trinajstić information content (AvgIpc) is 2.72. The predicted octanol–water partition coefficient (Wildman–Crippen LogP) is 1.81. The molecule has 17 heavy (non-hydrogen) atoms. The lowest BCUT2D eigenvalue weighted by Crippen LogP contribution is -2.16. The van der Waals surface area contributed by atoms with E-state index >= 15 is 0 Å². The van der Waals surface area contributed by atoms with Crippen molar-refractivity contribution in [3.05, 3.63) is 17.5 Å². The van der Waals surface area contributed by atoms with E-state index in [0.29, 0.717) is 13.0 Å². The minimum Gasteiger partial charge on any atom is -0.481 e. The van der Waals surface area contributed by atoms with Crippen molar-refractivity contribution in [1.29, 1.82) is 0 Å². The van der Waals surface area contributed by atoms with E-state index in [4.69, 9.17) is 5.11 Å². The number of nitrogens with zero attached hydrogens (tertiary/aromatic N) is 3. The highest BCUT2D eigenvalue weighted by atomic mass is 16.4. The van der Waals surface area contributed by atoms with Gasteiger partial charge in [0.25, 0.3) is 0 Å². The Morgan fingerprint density at radius 1 is 1.53 bits per heavy atom. The lowest BCUT2D eigenvalue weighted by atomic mass is 9.92. The summed E-state index contributed by atoms with van der Waals surface area (Å²) in [6, 6.07) is 2.05. The third-order valence-corrected chi connectivity index (χ3v) is 2.78. The van der Waals surface area contributed by atoms with Crippen molar-refractivity contribution in [1.82, 2.24) is 9.78 Å². The summed E-state index contributed by atoms with van der Waals surface area (Å²) >= 11 is 0. The van der Waals surface area contributed by atoms with E-state index in [1.165, 1.54) is 0 Å². The molecule has 0 atom stereocenters. The van der Waals surface area contributed by atoms with Gasteiger partial charge in [-0.05, 0) is 6.07 Å². The first-order valence-corrected chi connectivity index (χ1v) is 5.73. The largest absolute Gasteiger partial charge is 0.481 e. The lowest BCUT2D eigenvalue weighted by Gasteiger charge is -2.14. The van der Waals surface area contributed by atoms with Crippen LogP contribution in [0.1, 0.15) is 45.0 Å². The molecule has 2 rings (SSSR count). The Bertz CT molecular complexity index is 480. The molecule has 2 heterocycles. The smallest absolute Gasteiger partial charge is 0.303 e. The van der Waals surface area contributed by atoms with E-state index < -0.39 is 5.97 Å². The Morgan fingerprint density at radius 2 is 2.24 bits per heavy atom. The minimum absolute atomic E-state index is 0.00917. The van der Waals surface area contributed by atoms with Crippen LogP contribution in [0.4, 0.5) is 0 Å². The summed E-state index contributed by atoms with van der Waals surface area (Å²) in [5.41, 5.74) is 2.08. The molecule has 0 saturated heterocycles. The molecule has 0 bridgehead atoms. The summed E-state index contributed by atoms with van der Waals surface area (Å²) in [7, 11) is 0. The quantitative estimate of drug-likeness (QED) is 0.868. The molecule has 92 valence electrons. The van der Waals surface area contributed by atoms with E-state index in [9.17, 15) is 4.79 Å². The number of carboxylic acid groups (broad SMARTS) is 1. The van der Waals surface area contributed by atoms with Crippen molar-refractivity contribution in [3.8, 4) is 0 Å². The first kappa shape index (κ1) is 11.8. The van der Waals surface area contributed by atoms with E-state index in [-0.39, 0.29) is 11.8 Å². The normalized spacial score (nSPS) is 14.6. The highest BCUT2D eigenvalue weighted by Gasteiger charge is 2.24. The Hall–Kier alpha value is -1.65. The van der Waals surface area contributed by atoms with Gasteiger partial charge in [0.15, 0.2) is 0 Å². The first-order chi connectivity index (χ1) is 7.88. The molecule has 5 heteroatoms. The van der Waals surface area contributed by atoms with Gasteiger partial charge in [-0.25, -0.2) is 4.68 Å². The van der Waals surface area contributed by atoms with Crippen LogP contribution in [0.15, 0.2) is 11.1 Å². The molecule has 5 nitrogen and oxygen atoms in total. The highest BCUT2D eigenvalue weighted by molar-refractivity contribution is 5.88. The summed E-state index contributed by atoms with van der Waals surface area (Å²) < 4.78 is 1.80. The molecule has 0 fully saturated rings. The monoisotopic (exact) mass is 235 g/mol. The molecule has 1 aliphatic rings. The molecule has 0 amide bonds. The molecule has 1 N–H and O–H groups in total. The summed E-state index contributed by atoms with van der Waals surface area (Å²) in [5.74, 6) is -0.0396. The van der Waals surface area contributed by atoms with Crippen LogP contribution in [0.5, 0.6) is 0 Å². The predicted molar refractivity (Wildman–Crippen MR) is 64.3 cm³/mol. The van der Waals surface area contributed by atoms with E-state index in [1.807, 2.05) is 0 Å². The van der Waals surface area contributed by atoms with Crippen molar-refractivity contribution in [2.24, 2.45) is 4.99 Å². The fourth-order valence-corrected chi connectivity index (χ4v) is 1.77. The lowest BCUT2D eigenvalue weighted by molar-refractivity contribution is -0.136. The van der Waals surface area contributed by atoms with Crippen LogP contribution in [-0.4, -0.2) is 26.7 Å². The number of aliphatic carboxylic acids is 1. The molecule has 1 aliphatic heterocycles. The maximum atomic E-state index is 10.5. The molecule has 0 saturated carbocycles. The molecule has 1 aromatic rings. The standard InChI is InChI=1S/C12H17N3O2/c1-12(2,3)9-6-8-7-13-10(15(8)14-9)4-5-11(16)17/h6H,4-5,7H2,1-3H3,(H,16,17). The molecule has 0 aromatic carbocycles. The highest BCUT2D eigenvalue weighted by Crippen LogP contribution is 2.24. The van der Waals surface area contributed by atoms with Crippen molar-refractivity contribution in [3.63, 3.8) is 0 Å². The van der Waals surface area contributed by atoms with Crippen molar-refractivity contribution < 1.29 is 9.90 Å². The number of aromatic nitrogens is 2. The van der Waals surface area contributed by atoms with E-state index in [1.54, 1.807) is 4.68 Å². The number of aliphatic imine (C=N–C) groups is 1. The molecule has 0 aliphatic carbocycles. The van der Waals surface area contributed by atoms with Gasteiger partial charge in [-0.1, -0.05) is 20.8 Å². The van der Waals surface area contributed by atoms with Crippen molar-refractivity contribution in [2.45, 2.75) is 45.6 Å². The molecule has 0 spiro atoms. The number of fused-ring (bicyclic) bond motifs is 1. The fraction of sp³-hybridized carbons (Fsp3) is 0.583. The molecule has 0 radical (unpaired) electrons. The van der Waals surface area contributed by atoms with Crippen LogP contribution < -0.4 is 0 Å². The third-order valence-electron chi connectivity index (χ3n) is 2.78. The summed E-state index contributed by atoms with van der Waals surface area (Å²) in [5, 5.41) is 13.2. The fourth-order valence-electron chi connectivity index (χ4n) is 1.77. The second-order valence-corrected chi connectivity index (χ2v) is 5.31. The maximum Gasteiger partial charge on any atom is 0.303 e. The van der Waals surface area contributed by atoms with E-state index in [0.717, 1.165) is 17.2 Å². The van der Waals surface area contributed by atoms with Gasteiger partial charge in [0.05, 0.1) is 24.4 Å². The number of carboxylic acids is 1. The topological polar surface area (TPSA) is 67.5 Å². The molecule has 0 unspecified atom stereocenters. The first-order valence-electron chi connectivity index (χ1n) is 5.73. The van der Waals surface area contributed by atoms with Crippen molar-refractivity contribution in [2.75, 3.05) is 0 Å². The van der Waals surface area contributed by atoms with Gasteiger partial charge >= 0.3 is 5.97 Å². The average molecular weight is 235 g/mol. The van der Waals surface area contributed by atoms with Gasteiger partial charge in [-0.3, -0.25) is 9.79 Å². The molecular weight excluding hydrogens is 218 g/mol. The van der Waals surface area contributed by atoms with Crippen molar-refractivity contribution >= 4 is 11.8 Å². The van der Waals surface area contributed by atoms with Crippen LogP contribution in [0.2, 0.25) is 0 Å². The molecule has 1 aromatic heterocycles. The van der Waals surface area contributed by atoms with E-state index in [2.05, 4.69) is 36.9 Å². The number of carbonyl (C=O) groups is 1. The van der Waals surface area contributed by atoms with Gasteiger partial charge < -0.3 is 5.11 Å². The Balaban J connectivity index is 2.19. The summed E-state index contributed by atoms with van der Waals surface area (Å²) in [6.45, 7) is 6.94. The summed E-state index contributed by atoms with van der Waals surface area (Å²) in [6.07, 6.45) is 0.538. The number of rotatable bonds is 3. The second-order valence-electron chi connectivity index (χ2n) is 5.31. The maximum absolute atomic E-state index is 10.5. The van der Waals surface area contributed by atoms with Crippen LogP contribution in [0, 0.1) is 0 Å². The SMILES string of the molecule is CC(C)(C)c1cc2n(n1)C(CCC(=O)O)=NC2. The third kappa shape index (κ3) is 2.38. The van der Waals surface area contributed by atoms with Gasteiger partial charge in [-0.2, -0.15) is 5.10 Å². The number of hydrogen-bond donors (Lipinski definition) is 1. The second kappa shape index (κ2) is 3.98. The zero-order valence-corrected chi connectivity index (χ0v) is 10.4. The minimum atomic E-state index is -0.802. The van der Waals surface area contributed by atoms with Crippen LogP contribution in [-0.2, 0) is 16.8 Å². The van der Waals surface area contributed by atoms with Gasteiger partial charge in [0.1, 0.15) is 5.84 Å². The van der Waals surface area contributed by atoms with Gasteiger partial charge in [0, 0.05) is 11.8 Å².